The molecule has 0 aromatic carbocycles. The maximum Gasteiger partial charge on any atom is 0.323 e. The zero-order valence-electron chi connectivity index (χ0n) is 10.5. The number of carboxylic acids is 1. The number of carboxylic acid groups (broad SMARTS) is 1. The molecule has 8 heteroatoms. The molecule has 8 nitrogen and oxygen atoms in total. The molecule has 0 bridgehead atoms. The van der Waals surface area contributed by atoms with Crippen LogP contribution in [0.1, 0.15) is 0 Å². The van der Waals surface area contributed by atoms with Crippen LogP contribution in [-0.2, 0) is 16.1 Å². The van der Waals surface area contributed by atoms with E-state index >= 15 is 0 Å². The highest BCUT2D eigenvalue weighted by molar-refractivity contribution is 5.81. The summed E-state index contributed by atoms with van der Waals surface area (Å²) < 4.78 is 1.37. The molecule has 0 atom stereocenters. The van der Waals surface area contributed by atoms with Crippen LogP contribution in [0, 0.1) is 0 Å². The minimum absolute atomic E-state index is 0.000703. The molecule has 18 heavy (non-hydrogen) atoms. The van der Waals surface area contributed by atoms with E-state index in [9.17, 15) is 9.59 Å². The van der Waals surface area contributed by atoms with Gasteiger partial charge in [-0.2, -0.15) is 5.10 Å². The van der Waals surface area contributed by atoms with Gasteiger partial charge in [-0.05, 0) is 14.1 Å². The van der Waals surface area contributed by atoms with Crippen molar-refractivity contribution in [3.63, 3.8) is 0 Å². The fourth-order valence-corrected chi connectivity index (χ4v) is 1.33. The first-order valence-corrected chi connectivity index (χ1v) is 5.45. The van der Waals surface area contributed by atoms with Gasteiger partial charge in [0.2, 0.25) is 5.91 Å². The molecular weight excluding hydrogens is 238 g/mol. The summed E-state index contributed by atoms with van der Waals surface area (Å²) in [6, 6.07) is 0. The van der Waals surface area contributed by atoms with E-state index in [1.54, 1.807) is 0 Å². The molecule has 1 N–H and O–H groups in total. The molecule has 0 saturated heterocycles. The van der Waals surface area contributed by atoms with E-state index in [1.165, 1.54) is 22.2 Å². The third-order valence-corrected chi connectivity index (χ3v) is 2.26. The average Bonchev–Trinajstić information content (AvgIpc) is 2.76. The van der Waals surface area contributed by atoms with E-state index in [0.29, 0.717) is 13.1 Å². The molecule has 1 aromatic rings. The second kappa shape index (κ2) is 6.70. The minimum atomic E-state index is -1.03. The molecule has 1 rings (SSSR count). The van der Waals surface area contributed by atoms with Gasteiger partial charge in [-0.3, -0.25) is 9.59 Å². The van der Waals surface area contributed by atoms with Gasteiger partial charge in [-0.25, -0.2) is 9.67 Å². The second-order valence-electron chi connectivity index (χ2n) is 4.11. The minimum Gasteiger partial charge on any atom is -0.480 e. The Balaban J connectivity index is 2.57. The van der Waals surface area contributed by atoms with Crippen LogP contribution in [0.15, 0.2) is 12.7 Å². The number of hydrogen-bond acceptors (Lipinski definition) is 5. The highest BCUT2D eigenvalue weighted by Gasteiger charge is 2.17. The van der Waals surface area contributed by atoms with Gasteiger partial charge in [0.05, 0.1) is 0 Å². The molecule has 0 unspecified atom stereocenters. The van der Waals surface area contributed by atoms with Crippen molar-refractivity contribution in [2.45, 2.75) is 6.54 Å². The van der Waals surface area contributed by atoms with Gasteiger partial charge >= 0.3 is 5.97 Å². The van der Waals surface area contributed by atoms with Crippen LogP contribution in [0.5, 0.6) is 0 Å². The summed E-state index contributed by atoms with van der Waals surface area (Å²) in [4.78, 5) is 29.5. The summed E-state index contributed by atoms with van der Waals surface area (Å²) in [6.07, 6.45) is 2.75. The lowest BCUT2D eigenvalue weighted by Gasteiger charge is -2.22. The lowest BCUT2D eigenvalue weighted by atomic mass is 10.4. The topological polar surface area (TPSA) is 91.6 Å². The normalized spacial score (nSPS) is 10.6. The number of carbonyl (C=O) groups excluding carboxylic acids is 1. The Hall–Kier alpha value is -1.96. The molecule has 0 radical (unpaired) electrons. The van der Waals surface area contributed by atoms with Gasteiger partial charge < -0.3 is 14.9 Å². The number of carbonyl (C=O) groups is 2. The number of hydrogen-bond donors (Lipinski definition) is 1. The zero-order valence-corrected chi connectivity index (χ0v) is 10.5. The number of amides is 1. The van der Waals surface area contributed by atoms with Crippen LogP contribution in [0.2, 0.25) is 0 Å². The maximum absolute atomic E-state index is 11.9. The molecule has 0 aliphatic carbocycles. The predicted molar refractivity (Wildman–Crippen MR) is 62.8 cm³/mol. The first kappa shape index (κ1) is 14.1. The summed E-state index contributed by atoms with van der Waals surface area (Å²) >= 11 is 0. The van der Waals surface area contributed by atoms with E-state index < -0.39 is 5.97 Å². The van der Waals surface area contributed by atoms with E-state index in [2.05, 4.69) is 10.1 Å². The van der Waals surface area contributed by atoms with Crippen molar-refractivity contribution in [3.05, 3.63) is 12.7 Å². The molecular formula is C10H17N5O3. The lowest BCUT2D eigenvalue weighted by molar-refractivity contribution is -0.144. The lowest BCUT2D eigenvalue weighted by Crippen LogP contribution is -2.41. The number of likely N-dealkylation sites (N-methyl/N-ethyl adjacent to an activating group) is 1. The van der Waals surface area contributed by atoms with Crippen LogP contribution in [0.4, 0.5) is 0 Å². The van der Waals surface area contributed by atoms with E-state index in [-0.39, 0.29) is 19.0 Å². The smallest absolute Gasteiger partial charge is 0.323 e. The monoisotopic (exact) mass is 255 g/mol. The molecule has 100 valence electrons. The van der Waals surface area contributed by atoms with Crippen molar-refractivity contribution in [2.75, 3.05) is 33.7 Å². The highest BCUT2D eigenvalue weighted by atomic mass is 16.4. The third-order valence-electron chi connectivity index (χ3n) is 2.26. The quantitative estimate of drug-likeness (QED) is 0.654. The van der Waals surface area contributed by atoms with Crippen LogP contribution >= 0.6 is 0 Å². The third kappa shape index (κ3) is 4.91. The van der Waals surface area contributed by atoms with Crippen molar-refractivity contribution >= 4 is 11.9 Å². The molecule has 0 aliphatic heterocycles. The van der Waals surface area contributed by atoms with Crippen molar-refractivity contribution in [2.24, 2.45) is 0 Å². The van der Waals surface area contributed by atoms with Gasteiger partial charge in [0.15, 0.2) is 0 Å². The Labute approximate surface area is 105 Å². The molecule has 0 saturated carbocycles. The zero-order chi connectivity index (χ0) is 13.5. The summed E-state index contributed by atoms with van der Waals surface area (Å²) in [5, 5.41) is 12.6. The molecule has 1 amide bonds. The number of aromatic nitrogens is 3. The summed E-state index contributed by atoms with van der Waals surface area (Å²) in [5.41, 5.74) is 0. The average molecular weight is 255 g/mol. The van der Waals surface area contributed by atoms with Crippen molar-refractivity contribution in [3.8, 4) is 0 Å². The standard InChI is InChI=1S/C10H17N5O3/c1-13(2)3-4-14(6-10(17)18)9(16)5-15-8-11-7-12-15/h7-8H,3-6H2,1-2H3,(H,17,18). The Morgan fingerprint density at radius 1 is 1.33 bits per heavy atom. The van der Waals surface area contributed by atoms with Gasteiger partial charge in [0.1, 0.15) is 25.7 Å². The first-order chi connectivity index (χ1) is 8.49. The molecule has 1 heterocycles. The number of rotatable bonds is 7. The number of nitrogens with zero attached hydrogens (tertiary/aromatic N) is 5. The van der Waals surface area contributed by atoms with E-state index in [1.807, 2.05) is 19.0 Å². The van der Waals surface area contributed by atoms with Crippen LogP contribution in [0.3, 0.4) is 0 Å². The van der Waals surface area contributed by atoms with E-state index in [0.717, 1.165) is 0 Å². The SMILES string of the molecule is CN(C)CCN(CC(=O)O)C(=O)Cn1cncn1. The first-order valence-electron chi connectivity index (χ1n) is 5.45. The molecule has 0 fully saturated rings. The van der Waals surface area contributed by atoms with Crippen LogP contribution in [0.25, 0.3) is 0 Å². The van der Waals surface area contributed by atoms with Crippen molar-refractivity contribution in [1.82, 2.24) is 24.6 Å². The van der Waals surface area contributed by atoms with Gasteiger partial charge in [-0.1, -0.05) is 0 Å². The summed E-state index contributed by atoms with van der Waals surface area (Å²) in [6.45, 7) is 0.672. The van der Waals surface area contributed by atoms with Crippen molar-refractivity contribution < 1.29 is 14.7 Å². The van der Waals surface area contributed by atoms with Crippen LogP contribution in [-0.4, -0.2) is 75.3 Å². The maximum atomic E-state index is 11.9. The fourth-order valence-electron chi connectivity index (χ4n) is 1.33. The molecule has 0 spiro atoms. The van der Waals surface area contributed by atoms with Gasteiger partial charge in [0.25, 0.3) is 0 Å². The Morgan fingerprint density at radius 3 is 2.56 bits per heavy atom. The molecule has 1 aromatic heterocycles. The Kier molecular flexibility index (Phi) is 5.25. The predicted octanol–water partition coefficient (Wildman–Crippen LogP) is -1.25. The van der Waals surface area contributed by atoms with Crippen LogP contribution < -0.4 is 0 Å². The highest BCUT2D eigenvalue weighted by Crippen LogP contribution is 1.94. The Morgan fingerprint density at radius 2 is 2.06 bits per heavy atom. The number of aliphatic carboxylic acids is 1. The largest absolute Gasteiger partial charge is 0.480 e. The van der Waals surface area contributed by atoms with Gasteiger partial charge in [0, 0.05) is 13.1 Å². The summed E-state index contributed by atoms with van der Waals surface area (Å²) in [7, 11) is 3.72. The second-order valence-corrected chi connectivity index (χ2v) is 4.11. The van der Waals surface area contributed by atoms with Crippen molar-refractivity contribution in [1.29, 1.82) is 0 Å². The Bertz CT molecular complexity index is 390. The van der Waals surface area contributed by atoms with E-state index in [4.69, 9.17) is 5.11 Å². The summed E-state index contributed by atoms with van der Waals surface area (Å²) in [5.74, 6) is -1.31. The van der Waals surface area contributed by atoms with Gasteiger partial charge in [-0.15, -0.1) is 0 Å². The molecule has 0 aliphatic rings. The fraction of sp³-hybridized carbons (Fsp3) is 0.600.